The Bertz CT molecular complexity index is 289. The lowest BCUT2D eigenvalue weighted by molar-refractivity contribution is 0.608. The molecule has 10 heteroatoms. The molecule has 0 amide bonds. The molecule has 0 heterocycles. The van der Waals surface area contributed by atoms with Crippen LogP contribution >= 0.6 is 60.9 Å². The van der Waals surface area contributed by atoms with Gasteiger partial charge >= 0.3 is 0 Å². The maximum Gasteiger partial charge on any atom is 0.238 e. The van der Waals surface area contributed by atoms with Gasteiger partial charge in [-0.25, -0.2) is 8.42 Å². The Morgan fingerprint density at radius 1 is 1.05 bits per heavy atom. The molecule has 0 saturated heterocycles. The first kappa shape index (κ1) is 39.8. The van der Waals surface area contributed by atoms with Gasteiger partial charge in [0.15, 0.2) is 0 Å². The topological polar surface area (TPSA) is 34.1 Å². The van der Waals surface area contributed by atoms with E-state index >= 15 is 0 Å². The molecule has 0 rings (SSSR count). The van der Waals surface area contributed by atoms with E-state index in [0.29, 0.717) is 16.2 Å². The Morgan fingerprint density at radius 2 is 1.41 bits per heavy atom. The van der Waals surface area contributed by atoms with Crippen LogP contribution in [0.25, 0.3) is 0 Å². The van der Waals surface area contributed by atoms with Crippen LogP contribution in [-0.2, 0) is 9.05 Å². The van der Waals surface area contributed by atoms with Crippen LogP contribution in [0.3, 0.4) is 0 Å². The average molecular weight is 471 g/mol. The first-order valence-electron chi connectivity index (χ1n) is 5.40. The second-order valence-corrected chi connectivity index (χ2v) is 20.5. The molecule has 0 aromatic heterocycles. The summed E-state index contributed by atoms with van der Waals surface area (Å²) in [6.45, 7) is 8.31. The third kappa shape index (κ3) is 34.2. The van der Waals surface area contributed by atoms with E-state index in [2.05, 4.69) is 38.1 Å². The zero-order valence-corrected chi connectivity index (χ0v) is 19.0. The van der Waals surface area contributed by atoms with Crippen LogP contribution in [0.15, 0.2) is 0 Å². The first-order valence-corrected chi connectivity index (χ1v) is 17.7. The highest BCUT2D eigenvalue weighted by molar-refractivity contribution is 8.19. The van der Waals surface area contributed by atoms with Crippen molar-refractivity contribution >= 4 is 70.0 Å². The number of hydrogen-bond acceptors (Lipinski definition) is 2. The van der Waals surface area contributed by atoms with Crippen molar-refractivity contribution in [1.29, 1.82) is 0 Å². The fourth-order valence-electron chi connectivity index (χ4n) is 0.660. The molecule has 144 valence electrons. The van der Waals surface area contributed by atoms with E-state index in [1.165, 1.54) is 20.6 Å². The monoisotopic (exact) mass is 470 g/mol. The third-order valence-corrected chi connectivity index (χ3v) is 15.2. The van der Waals surface area contributed by atoms with Gasteiger partial charge in [-0.15, -0.1) is 26.4 Å². The summed E-state index contributed by atoms with van der Waals surface area (Å²) in [4.78, 5) is -0.380. The van der Waals surface area contributed by atoms with Crippen molar-refractivity contribution < 1.29 is 8.42 Å². The van der Waals surface area contributed by atoms with E-state index in [0.717, 1.165) is 5.90 Å². The van der Waals surface area contributed by atoms with Gasteiger partial charge in [0.2, 0.25) is 9.05 Å². The standard InChI is InChI=1S/C4H12ClO2P3S.C4H13P3.4CH4/c1-4(11(5,6)7)9-3-10(2)8;1-3-6-4-7(2)5;;;;/h4,9H,3,8H2,1-2H3;6H,3-5H2,1-2H3;4*1H4. The zero-order valence-electron chi connectivity index (χ0n) is 11.4. The van der Waals surface area contributed by atoms with Crippen molar-refractivity contribution in [2.75, 3.05) is 31.3 Å². The molecule has 7 unspecified atom stereocenters. The molecular formula is C12H41ClO2P6S. The average Bonchev–Trinajstić information content (AvgIpc) is 2.22. The summed E-state index contributed by atoms with van der Waals surface area (Å²) in [5.74, 6) is 2.42. The normalized spacial score (nSPS) is 14.5. The van der Waals surface area contributed by atoms with Crippen molar-refractivity contribution in [3.8, 4) is 0 Å². The highest BCUT2D eigenvalue weighted by Gasteiger charge is 2.16. The minimum Gasteiger partial charge on any atom is -0.212 e. The lowest BCUT2D eigenvalue weighted by atomic mass is 11.0. The van der Waals surface area contributed by atoms with E-state index < -0.39 is 9.05 Å². The second kappa shape index (κ2) is 23.8. The molecule has 0 bridgehead atoms. The number of hydrogen-bond donors (Lipinski definition) is 0. The van der Waals surface area contributed by atoms with Gasteiger partial charge in [-0.1, -0.05) is 60.4 Å². The summed E-state index contributed by atoms with van der Waals surface area (Å²) >= 11 is 0. The number of halogens is 1. The SMILES string of the molecule is C.C.C.C.CC(PCP(C)P)S(=O)(=O)Cl.CCPCP(C)P. The molecule has 0 aliphatic rings. The Kier molecular flexibility index (Phi) is 43.0. The minimum absolute atomic E-state index is 0. The van der Waals surface area contributed by atoms with Gasteiger partial charge in [-0.05, 0) is 38.2 Å². The molecule has 2 nitrogen and oxygen atoms in total. The third-order valence-electron chi connectivity index (χ3n) is 1.66. The molecule has 22 heavy (non-hydrogen) atoms. The Labute approximate surface area is 157 Å². The maximum atomic E-state index is 10.7. The van der Waals surface area contributed by atoms with Crippen molar-refractivity contribution in [3.63, 3.8) is 0 Å². The van der Waals surface area contributed by atoms with Gasteiger partial charge in [0.05, 0.1) is 4.99 Å². The highest BCUT2D eigenvalue weighted by atomic mass is 35.7. The Balaban J connectivity index is -0.0000000524. The van der Waals surface area contributed by atoms with Crippen LogP contribution in [0.5, 0.6) is 0 Å². The van der Waals surface area contributed by atoms with Gasteiger partial charge in [0.1, 0.15) is 0 Å². The van der Waals surface area contributed by atoms with Crippen LogP contribution in [0.2, 0.25) is 0 Å². The molecule has 0 fully saturated rings. The van der Waals surface area contributed by atoms with E-state index in [4.69, 9.17) is 10.7 Å². The Hall–Kier alpha value is 2.82. The summed E-state index contributed by atoms with van der Waals surface area (Å²) in [5.41, 5.74) is 0. The molecule has 0 spiro atoms. The smallest absolute Gasteiger partial charge is 0.212 e. The van der Waals surface area contributed by atoms with E-state index in [-0.39, 0.29) is 42.3 Å². The summed E-state index contributed by atoms with van der Waals surface area (Å²) in [7, 11) is 9.29. The van der Waals surface area contributed by atoms with Gasteiger partial charge in [-0.2, -0.15) is 0 Å². The lowest BCUT2D eigenvalue weighted by Gasteiger charge is -2.09. The van der Waals surface area contributed by atoms with E-state index in [1.54, 1.807) is 6.92 Å². The van der Waals surface area contributed by atoms with Crippen LogP contribution in [-0.4, -0.2) is 44.7 Å². The first-order chi connectivity index (χ1) is 8.11. The summed E-state index contributed by atoms with van der Waals surface area (Å²) in [6.07, 6.45) is 1.38. The van der Waals surface area contributed by atoms with Crippen molar-refractivity contribution in [1.82, 2.24) is 0 Å². The summed E-state index contributed by atoms with van der Waals surface area (Å²) < 4.78 is 21.4. The molecular weight excluding hydrogens is 429 g/mol. The fraction of sp³-hybridized carbons (Fsp3) is 1.00. The fourth-order valence-corrected chi connectivity index (χ4v) is 9.29. The molecule has 0 N–H and O–H groups in total. The highest BCUT2D eigenvalue weighted by Crippen LogP contribution is 2.47. The van der Waals surface area contributed by atoms with Crippen LogP contribution in [0, 0.1) is 0 Å². The van der Waals surface area contributed by atoms with Gasteiger partial charge in [-0.3, -0.25) is 0 Å². The van der Waals surface area contributed by atoms with Gasteiger partial charge < -0.3 is 0 Å². The van der Waals surface area contributed by atoms with Gasteiger partial charge in [0, 0.05) is 10.7 Å². The van der Waals surface area contributed by atoms with Crippen molar-refractivity contribution in [2.45, 2.75) is 48.5 Å². The molecule has 0 aliphatic carbocycles. The second-order valence-electron chi connectivity index (χ2n) is 3.76. The zero-order chi connectivity index (χ0) is 14.8. The molecule has 0 radical (unpaired) electrons. The largest absolute Gasteiger partial charge is 0.238 e. The molecule has 0 saturated carbocycles. The van der Waals surface area contributed by atoms with E-state index in [9.17, 15) is 8.42 Å². The van der Waals surface area contributed by atoms with Crippen molar-refractivity contribution in [2.24, 2.45) is 0 Å². The van der Waals surface area contributed by atoms with Crippen LogP contribution in [0.4, 0.5) is 0 Å². The summed E-state index contributed by atoms with van der Waals surface area (Å²) in [6, 6.07) is 0. The maximum absolute atomic E-state index is 10.7. The van der Waals surface area contributed by atoms with Crippen LogP contribution in [0.1, 0.15) is 43.6 Å². The molecule has 0 aromatic carbocycles. The predicted octanol–water partition coefficient (Wildman–Crippen LogP) is 7.53. The van der Waals surface area contributed by atoms with Crippen molar-refractivity contribution in [3.05, 3.63) is 0 Å². The quantitative estimate of drug-likeness (QED) is 0.285. The molecule has 7 atom stereocenters. The Morgan fingerprint density at radius 3 is 1.59 bits per heavy atom. The minimum atomic E-state index is -3.31. The van der Waals surface area contributed by atoms with Gasteiger partial charge in [0.25, 0.3) is 0 Å². The number of rotatable bonds is 7. The van der Waals surface area contributed by atoms with Crippen LogP contribution < -0.4 is 0 Å². The molecule has 0 aromatic rings. The summed E-state index contributed by atoms with van der Waals surface area (Å²) in [5, 5.41) is 0. The predicted molar refractivity (Wildman–Crippen MR) is 133 cm³/mol. The molecule has 0 aliphatic heterocycles. The lowest BCUT2D eigenvalue weighted by Crippen LogP contribution is -2.04. The van der Waals surface area contributed by atoms with E-state index in [1.807, 2.05) is 0 Å².